The van der Waals surface area contributed by atoms with Crippen molar-refractivity contribution in [2.45, 2.75) is 64.1 Å². The first-order chi connectivity index (χ1) is 7.17. The molecule has 0 radical (unpaired) electrons. The van der Waals surface area contributed by atoms with E-state index in [0.717, 1.165) is 6.54 Å². The fourth-order valence-electron chi connectivity index (χ4n) is 2.76. The molecule has 1 fully saturated rings. The molecule has 1 heterocycles. The van der Waals surface area contributed by atoms with Gasteiger partial charge in [-0.15, -0.1) is 0 Å². The van der Waals surface area contributed by atoms with E-state index in [1.807, 2.05) is 0 Å². The number of hydrogen-bond donors (Lipinski definition) is 2. The third-order valence-electron chi connectivity index (χ3n) is 3.71. The first-order valence-corrected chi connectivity index (χ1v) is 5.96. The van der Waals surface area contributed by atoms with Gasteiger partial charge in [-0.25, -0.2) is 0 Å². The molecule has 0 spiro atoms. The Labute approximate surface area is 97.8 Å². The quantitative estimate of drug-likeness (QED) is 0.764. The summed E-state index contributed by atoms with van der Waals surface area (Å²) in [7, 11) is 0. The van der Waals surface area contributed by atoms with Gasteiger partial charge in [0.25, 0.3) is 0 Å². The van der Waals surface area contributed by atoms with Crippen LogP contribution >= 0.6 is 0 Å². The van der Waals surface area contributed by atoms with E-state index in [2.05, 4.69) is 25.7 Å². The van der Waals surface area contributed by atoms with Gasteiger partial charge in [-0.05, 0) is 53.5 Å². The van der Waals surface area contributed by atoms with Crippen molar-refractivity contribution in [1.29, 1.82) is 0 Å². The smallest absolute Gasteiger partial charge is 0.323 e. The summed E-state index contributed by atoms with van der Waals surface area (Å²) in [6.07, 6.45) is 2.85. The molecule has 3 N–H and O–H groups in total. The van der Waals surface area contributed by atoms with Gasteiger partial charge >= 0.3 is 5.97 Å². The number of aliphatic carboxylic acids is 1. The zero-order chi connectivity index (χ0) is 12.6. The number of nitrogens with zero attached hydrogens (tertiary/aromatic N) is 1. The number of likely N-dealkylation sites (tertiary alicyclic amines) is 1. The van der Waals surface area contributed by atoms with E-state index in [1.165, 1.54) is 12.8 Å². The van der Waals surface area contributed by atoms with Gasteiger partial charge in [0.1, 0.15) is 5.54 Å². The summed E-state index contributed by atoms with van der Waals surface area (Å²) in [5, 5.41) is 9.02. The normalized spacial score (nSPS) is 26.3. The van der Waals surface area contributed by atoms with Crippen LogP contribution in [0.3, 0.4) is 0 Å². The van der Waals surface area contributed by atoms with E-state index in [-0.39, 0.29) is 11.6 Å². The summed E-state index contributed by atoms with van der Waals surface area (Å²) >= 11 is 0. The average molecular weight is 228 g/mol. The van der Waals surface area contributed by atoms with Gasteiger partial charge in [0.2, 0.25) is 0 Å². The van der Waals surface area contributed by atoms with Crippen LogP contribution in [-0.4, -0.2) is 39.6 Å². The molecule has 0 aromatic rings. The fraction of sp³-hybridized carbons (Fsp3) is 0.917. The molecule has 1 aliphatic heterocycles. The van der Waals surface area contributed by atoms with E-state index in [9.17, 15) is 4.79 Å². The van der Waals surface area contributed by atoms with Crippen molar-refractivity contribution in [3.8, 4) is 0 Å². The van der Waals surface area contributed by atoms with Crippen LogP contribution in [0.4, 0.5) is 0 Å². The van der Waals surface area contributed by atoms with Gasteiger partial charge in [0.15, 0.2) is 0 Å². The SMILES string of the molecule is CC(CC(C)(N)C(=O)O)N1CCCC1(C)C. The van der Waals surface area contributed by atoms with Crippen molar-refractivity contribution in [2.75, 3.05) is 6.54 Å². The predicted octanol–water partition coefficient (Wildman–Crippen LogP) is 1.44. The molecule has 0 aromatic heterocycles. The molecule has 0 saturated carbocycles. The monoisotopic (exact) mass is 228 g/mol. The third-order valence-corrected chi connectivity index (χ3v) is 3.71. The standard InChI is InChI=1S/C12H24N2O2/c1-9(8-12(4,13)10(15)16)14-7-5-6-11(14,2)3/h9H,5-8,13H2,1-4H3,(H,15,16). The molecule has 1 rings (SSSR count). The Morgan fingerprint density at radius 1 is 1.62 bits per heavy atom. The summed E-state index contributed by atoms with van der Waals surface area (Å²) in [6, 6.07) is 0.212. The van der Waals surface area contributed by atoms with Gasteiger partial charge in [-0.2, -0.15) is 0 Å². The van der Waals surface area contributed by atoms with Crippen molar-refractivity contribution < 1.29 is 9.90 Å². The lowest BCUT2D eigenvalue weighted by atomic mass is 9.92. The summed E-state index contributed by atoms with van der Waals surface area (Å²) < 4.78 is 0. The predicted molar refractivity (Wildman–Crippen MR) is 64.3 cm³/mol. The Hall–Kier alpha value is -0.610. The van der Waals surface area contributed by atoms with Gasteiger partial charge in [0, 0.05) is 11.6 Å². The molecule has 16 heavy (non-hydrogen) atoms. The Kier molecular flexibility index (Phi) is 3.65. The molecular weight excluding hydrogens is 204 g/mol. The number of carbonyl (C=O) groups is 1. The first kappa shape index (κ1) is 13.5. The van der Waals surface area contributed by atoms with Gasteiger partial charge in [0.05, 0.1) is 0 Å². The van der Waals surface area contributed by atoms with Crippen molar-refractivity contribution >= 4 is 5.97 Å². The molecule has 1 aliphatic rings. The highest BCUT2D eigenvalue weighted by Gasteiger charge is 2.39. The molecule has 1 saturated heterocycles. The Balaban J connectivity index is 2.66. The van der Waals surface area contributed by atoms with E-state index < -0.39 is 11.5 Å². The van der Waals surface area contributed by atoms with E-state index >= 15 is 0 Å². The second-order valence-electron chi connectivity index (χ2n) is 5.89. The second-order valence-corrected chi connectivity index (χ2v) is 5.89. The Morgan fingerprint density at radius 3 is 2.56 bits per heavy atom. The maximum atomic E-state index is 11.0. The van der Waals surface area contributed by atoms with Gasteiger partial charge in [-0.1, -0.05) is 0 Å². The van der Waals surface area contributed by atoms with Crippen molar-refractivity contribution in [2.24, 2.45) is 5.73 Å². The van der Waals surface area contributed by atoms with E-state index in [4.69, 9.17) is 10.8 Å². The fourth-order valence-corrected chi connectivity index (χ4v) is 2.76. The van der Waals surface area contributed by atoms with Gasteiger partial charge < -0.3 is 10.8 Å². The first-order valence-electron chi connectivity index (χ1n) is 5.96. The molecule has 4 nitrogen and oxygen atoms in total. The zero-order valence-electron chi connectivity index (χ0n) is 10.8. The maximum Gasteiger partial charge on any atom is 0.323 e. The van der Waals surface area contributed by atoms with Gasteiger partial charge in [-0.3, -0.25) is 9.69 Å². The lowest BCUT2D eigenvalue weighted by molar-refractivity contribution is -0.143. The number of carboxylic acids is 1. The van der Waals surface area contributed by atoms with Crippen LogP contribution in [0.25, 0.3) is 0 Å². The van der Waals surface area contributed by atoms with Crippen LogP contribution in [-0.2, 0) is 4.79 Å². The van der Waals surface area contributed by atoms with Crippen molar-refractivity contribution in [3.63, 3.8) is 0 Å². The number of rotatable bonds is 4. The minimum absolute atomic E-state index is 0.175. The van der Waals surface area contributed by atoms with Crippen LogP contribution in [0, 0.1) is 0 Å². The summed E-state index contributed by atoms with van der Waals surface area (Å²) in [5.41, 5.74) is 4.84. The lowest BCUT2D eigenvalue weighted by Gasteiger charge is -2.39. The molecule has 0 bridgehead atoms. The highest BCUT2D eigenvalue weighted by molar-refractivity contribution is 5.77. The molecule has 94 valence electrons. The lowest BCUT2D eigenvalue weighted by Crippen LogP contribution is -2.52. The Bertz CT molecular complexity index is 274. The van der Waals surface area contributed by atoms with Crippen molar-refractivity contribution in [3.05, 3.63) is 0 Å². The van der Waals surface area contributed by atoms with E-state index in [1.54, 1.807) is 6.92 Å². The third kappa shape index (κ3) is 2.74. The summed E-state index contributed by atoms with van der Waals surface area (Å²) in [6.45, 7) is 9.14. The largest absolute Gasteiger partial charge is 0.480 e. The molecule has 2 atom stereocenters. The van der Waals surface area contributed by atoms with E-state index in [0.29, 0.717) is 6.42 Å². The minimum Gasteiger partial charge on any atom is -0.480 e. The maximum absolute atomic E-state index is 11.0. The average Bonchev–Trinajstić information content (AvgIpc) is 2.43. The highest BCUT2D eigenvalue weighted by atomic mass is 16.4. The Morgan fingerprint density at radius 2 is 2.19 bits per heavy atom. The summed E-state index contributed by atoms with van der Waals surface area (Å²) in [4.78, 5) is 13.4. The highest BCUT2D eigenvalue weighted by Crippen LogP contribution is 2.32. The molecule has 4 heteroatoms. The van der Waals surface area contributed by atoms with Crippen LogP contribution in [0.2, 0.25) is 0 Å². The van der Waals surface area contributed by atoms with Crippen LogP contribution < -0.4 is 5.73 Å². The van der Waals surface area contributed by atoms with Crippen molar-refractivity contribution in [1.82, 2.24) is 4.90 Å². The minimum atomic E-state index is -1.13. The number of nitrogens with two attached hydrogens (primary N) is 1. The summed E-state index contributed by atoms with van der Waals surface area (Å²) in [5.74, 6) is -0.920. The molecule has 0 aliphatic carbocycles. The zero-order valence-corrected chi connectivity index (χ0v) is 10.8. The number of hydrogen-bond acceptors (Lipinski definition) is 3. The molecular formula is C12H24N2O2. The second kappa shape index (κ2) is 4.34. The molecule has 0 amide bonds. The van der Waals surface area contributed by atoms with Crippen LogP contribution in [0.5, 0.6) is 0 Å². The van der Waals surface area contributed by atoms with Crippen LogP contribution in [0.1, 0.15) is 47.0 Å². The topological polar surface area (TPSA) is 66.6 Å². The van der Waals surface area contributed by atoms with Crippen LogP contribution in [0.15, 0.2) is 0 Å². The molecule has 2 unspecified atom stereocenters. The molecule has 0 aromatic carbocycles. The number of carboxylic acid groups (broad SMARTS) is 1.